The van der Waals surface area contributed by atoms with Crippen LogP contribution in [0.3, 0.4) is 0 Å². The smallest absolute Gasteiger partial charge is 0.241 e. The molecule has 0 fully saturated rings. The zero-order valence-corrected chi connectivity index (χ0v) is 18.8. The summed E-state index contributed by atoms with van der Waals surface area (Å²) in [6.07, 6.45) is 4.50. The summed E-state index contributed by atoms with van der Waals surface area (Å²) in [5, 5.41) is 14.2. The number of nitrogens with one attached hydrogen (secondary N) is 1. The average molecular weight is 448 g/mol. The van der Waals surface area contributed by atoms with Crippen molar-refractivity contribution in [2.45, 2.75) is 19.6 Å². The Morgan fingerprint density at radius 1 is 0.706 bits per heavy atom. The predicted molar refractivity (Wildman–Crippen MR) is 133 cm³/mol. The van der Waals surface area contributed by atoms with Gasteiger partial charge in [-0.2, -0.15) is 0 Å². The third-order valence-corrected chi connectivity index (χ3v) is 5.57. The molecular weight excluding hydrogens is 422 g/mol. The van der Waals surface area contributed by atoms with Crippen LogP contribution in [0.2, 0.25) is 0 Å². The lowest BCUT2D eigenvalue weighted by molar-refractivity contribution is 0.289. The van der Waals surface area contributed by atoms with E-state index in [-0.39, 0.29) is 0 Å². The van der Waals surface area contributed by atoms with Crippen molar-refractivity contribution in [1.29, 1.82) is 0 Å². The molecule has 34 heavy (non-hydrogen) atoms. The highest BCUT2D eigenvalue weighted by atomic mass is 16.5. The summed E-state index contributed by atoms with van der Waals surface area (Å²) in [6.45, 7) is 1.94. The third-order valence-electron chi connectivity index (χ3n) is 5.57. The fourth-order valence-electron chi connectivity index (χ4n) is 3.85. The van der Waals surface area contributed by atoms with Gasteiger partial charge in [-0.15, -0.1) is 10.2 Å². The molecule has 0 saturated heterocycles. The van der Waals surface area contributed by atoms with E-state index >= 15 is 0 Å². The summed E-state index contributed by atoms with van der Waals surface area (Å²) in [7, 11) is 0. The van der Waals surface area contributed by atoms with E-state index in [1.165, 1.54) is 5.56 Å². The maximum Gasteiger partial charge on any atom is 0.241 e. The van der Waals surface area contributed by atoms with Crippen LogP contribution in [0.25, 0.3) is 22.0 Å². The number of fused-ring (bicyclic) bond motifs is 1. The second-order valence-electron chi connectivity index (χ2n) is 7.96. The quantitative estimate of drug-likeness (QED) is 0.321. The zero-order chi connectivity index (χ0) is 23.0. The molecule has 0 radical (unpaired) electrons. The molecule has 0 bridgehead atoms. The Hall–Kier alpha value is -4.16. The lowest BCUT2D eigenvalue weighted by Crippen LogP contribution is -2.17. The molecule has 3 heterocycles. The summed E-state index contributed by atoms with van der Waals surface area (Å²) in [5.41, 5.74) is 4.95. The summed E-state index contributed by atoms with van der Waals surface area (Å²) >= 11 is 0. The van der Waals surface area contributed by atoms with Gasteiger partial charge in [0.15, 0.2) is 0 Å². The summed E-state index contributed by atoms with van der Waals surface area (Å²) in [5.74, 6) is 0.501. The van der Waals surface area contributed by atoms with Crippen LogP contribution in [0.5, 0.6) is 5.88 Å². The van der Waals surface area contributed by atoms with Crippen LogP contribution in [0.4, 0.5) is 0 Å². The van der Waals surface area contributed by atoms with Gasteiger partial charge in [0.2, 0.25) is 5.88 Å². The Labute approximate surface area is 198 Å². The Kier molecular flexibility index (Phi) is 6.78. The molecule has 0 aliphatic carbocycles. The first kappa shape index (κ1) is 21.7. The number of benzene rings is 2. The molecule has 0 amide bonds. The minimum Gasteiger partial charge on any atom is -0.470 e. The predicted octanol–water partition coefficient (Wildman–Crippen LogP) is 5.00. The van der Waals surface area contributed by atoms with Crippen LogP contribution >= 0.6 is 0 Å². The lowest BCUT2D eigenvalue weighted by atomic mass is 10.1. The summed E-state index contributed by atoms with van der Waals surface area (Å²) in [4.78, 5) is 8.83. The molecule has 2 aromatic carbocycles. The molecule has 0 spiro atoms. The highest BCUT2D eigenvalue weighted by molar-refractivity contribution is 5.96. The van der Waals surface area contributed by atoms with E-state index in [0.29, 0.717) is 19.0 Å². The molecule has 168 valence electrons. The average Bonchev–Trinajstić information content (AvgIpc) is 2.91. The second kappa shape index (κ2) is 10.6. The van der Waals surface area contributed by atoms with Crippen molar-refractivity contribution in [2.24, 2.45) is 0 Å². The standard InChI is InChI=1S/C28H25N5O/c1-2-7-21(8-3-1)13-16-30-19-23-9-6-10-24(31-23)20-34-28-26-12-5-4-11-25(26)27(32-33-28)22-14-17-29-18-15-22/h1-12,14-15,17-18,30H,13,16,19-20H2. The van der Waals surface area contributed by atoms with Gasteiger partial charge in [-0.05, 0) is 48.9 Å². The largest absolute Gasteiger partial charge is 0.470 e. The molecule has 0 aliphatic heterocycles. The fourth-order valence-corrected chi connectivity index (χ4v) is 3.85. The van der Waals surface area contributed by atoms with E-state index in [4.69, 9.17) is 9.72 Å². The van der Waals surface area contributed by atoms with Crippen molar-refractivity contribution in [1.82, 2.24) is 25.5 Å². The van der Waals surface area contributed by atoms with E-state index in [1.807, 2.05) is 60.7 Å². The van der Waals surface area contributed by atoms with Gasteiger partial charge in [0, 0.05) is 35.3 Å². The maximum atomic E-state index is 6.07. The number of aromatic nitrogens is 4. The molecule has 0 unspecified atom stereocenters. The van der Waals surface area contributed by atoms with E-state index in [9.17, 15) is 0 Å². The van der Waals surface area contributed by atoms with Crippen LogP contribution < -0.4 is 10.1 Å². The molecule has 0 aliphatic rings. The van der Waals surface area contributed by atoms with Crippen molar-refractivity contribution in [3.63, 3.8) is 0 Å². The molecule has 0 saturated carbocycles. The Balaban J connectivity index is 1.24. The molecule has 5 aromatic rings. The van der Waals surface area contributed by atoms with E-state index in [1.54, 1.807) is 12.4 Å². The Bertz CT molecular complexity index is 1360. The number of ether oxygens (including phenoxy) is 1. The maximum absolute atomic E-state index is 6.07. The first-order valence-electron chi connectivity index (χ1n) is 11.3. The zero-order valence-electron chi connectivity index (χ0n) is 18.8. The monoisotopic (exact) mass is 447 g/mol. The van der Waals surface area contributed by atoms with Gasteiger partial charge in [0.05, 0.1) is 11.4 Å². The molecular formula is C28H25N5O. The van der Waals surface area contributed by atoms with Gasteiger partial charge in [0.1, 0.15) is 12.3 Å². The second-order valence-corrected chi connectivity index (χ2v) is 7.96. The minimum absolute atomic E-state index is 0.325. The van der Waals surface area contributed by atoms with Gasteiger partial charge in [-0.3, -0.25) is 9.97 Å². The number of hydrogen-bond donors (Lipinski definition) is 1. The summed E-state index contributed by atoms with van der Waals surface area (Å²) < 4.78 is 6.07. The number of rotatable bonds is 9. The Morgan fingerprint density at radius 3 is 2.32 bits per heavy atom. The first-order chi connectivity index (χ1) is 16.9. The lowest BCUT2D eigenvalue weighted by Gasteiger charge is -2.11. The molecule has 3 aromatic heterocycles. The molecule has 1 N–H and O–H groups in total. The first-order valence-corrected chi connectivity index (χ1v) is 11.3. The van der Waals surface area contributed by atoms with Gasteiger partial charge in [-0.1, -0.05) is 54.6 Å². The topological polar surface area (TPSA) is 72.8 Å². The van der Waals surface area contributed by atoms with E-state index in [2.05, 4.69) is 44.8 Å². The Morgan fingerprint density at radius 2 is 1.47 bits per heavy atom. The van der Waals surface area contributed by atoms with Crippen LogP contribution in [-0.4, -0.2) is 26.7 Å². The van der Waals surface area contributed by atoms with Crippen LogP contribution in [0.1, 0.15) is 17.0 Å². The highest BCUT2D eigenvalue weighted by Gasteiger charge is 2.12. The number of pyridine rings is 2. The normalized spacial score (nSPS) is 10.9. The third kappa shape index (κ3) is 5.24. The van der Waals surface area contributed by atoms with Gasteiger partial charge in [-0.25, -0.2) is 0 Å². The number of nitrogens with zero attached hydrogens (tertiary/aromatic N) is 4. The van der Waals surface area contributed by atoms with Crippen molar-refractivity contribution >= 4 is 10.8 Å². The van der Waals surface area contributed by atoms with Crippen molar-refractivity contribution in [3.8, 4) is 17.1 Å². The minimum atomic E-state index is 0.325. The fraction of sp³-hybridized carbons (Fsp3) is 0.143. The molecule has 6 nitrogen and oxygen atoms in total. The molecule has 0 atom stereocenters. The molecule has 5 rings (SSSR count). The van der Waals surface area contributed by atoms with Gasteiger partial charge >= 0.3 is 0 Å². The van der Waals surface area contributed by atoms with Gasteiger partial charge < -0.3 is 10.1 Å². The van der Waals surface area contributed by atoms with Crippen molar-refractivity contribution < 1.29 is 4.74 Å². The highest BCUT2D eigenvalue weighted by Crippen LogP contribution is 2.30. The summed E-state index contributed by atoms with van der Waals surface area (Å²) in [6, 6.07) is 28.4. The molecule has 6 heteroatoms. The van der Waals surface area contributed by atoms with E-state index < -0.39 is 0 Å². The van der Waals surface area contributed by atoms with Crippen LogP contribution in [0, 0.1) is 0 Å². The number of hydrogen-bond acceptors (Lipinski definition) is 6. The van der Waals surface area contributed by atoms with Crippen LogP contribution in [0.15, 0.2) is 97.3 Å². The van der Waals surface area contributed by atoms with E-state index in [0.717, 1.165) is 46.4 Å². The van der Waals surface area contributed by atoms with Crippen molar-refractivity contribution in [3.05, 3.63) is 114 Å². The SMILES string of the molecule is c1ccc(CCNCc2cccc(COc3nnc(-c4ccncc4)c4ccccc34)n2)cc1. The van der Waals surface area contributed by atoms with Gasteiger partial charge in [0.25, 0.3) is 0 Å². The van der Waals surface area contributed by atoms with Crippen molar-refractivity contribution in [2.75, 3.05) is 6.54 Å². The van der Waals surface area contributed by atoms with Crippen LogP contribution in [-0.2, 0) is 19.6 Å².